The Morgan fingerprint density at radius 2 is 1.67 bits per heavy atom. The van der Waals surface area contributed by atoms with Gasteiger partial charge < -0.3 is 10.1 Å². The normalized spacial score (nSPS) is 22.4. The molecule has 3 amide bonds. The van der Waals surface area contributed by atoms with Crippen LogP contribution in [0.15, 0.2) is 59.5 Å². The quantitative estimate of drug-likeness (QED) is 0.516. The SMILES string of the molecule is C[C@@H](NS(=O)(=[OH+])c1ccc(Oc2ccccc2)cc1)[C@]1(C)NC(=O)NC1=O. The molecular weight excluding hydrogens is 370 g/mol. The van der Waals surface area contributed by atoms with Crippen LogP contribution in [0, 0.1) is 0 Å². The van der Waals surface area contributed by atoms with E-state index in [0.29, 0.717) is 11.5 Å². The zero-order valence-corrected chi connectivity index (χ0v) is 15.6. The summed E-state index contributed by atoms with van der Waals surface area (Å²) in [4.78, 5) is 23.5. The van der Waals surface area contributed by atoms with Gasteiger partial charge in [-0.15, -0.1) is 0 Å². The molecule has 1 aliphatic heterocycles. The van der Waals surface area contributed by atoms with E-state index in [1.165, 1.54) is 19.1 Å². The lowest BCUT2D eigenvalue weighted by Gasteiger charge is -2.27. The van der Waals surface area contributed by atoms with Gasteiger partial charge in [0.15, 0.2) is 0 Å². The van der Waals surface area contributed by atoms with E-state index in [0.717, 1.165) is 0 Å². The average molecular weight is 390 g/mol. The lowest BCUT2D eigenvalue weighted by atomic mass is 9.95. The fraction of sp³-hybridized carbons (Fsp3) is 0.222. The number of rotatable bonds is 6. The van der Waals surface area contributed by atoms with Crippen LogP contribution in [0.3, 0.4) is 0 Å². The summed E-state index contributed by atoms with van der Waals surface area (Å²) in [5, 5.41) is 4.60. The first kappa shape index (κ1) is 18.9. The number of carbonyl (C=O) groups excluding carboxylic acids is 2. The maximum atomic E-state index is 12.7. The van der Waals surface area contributed by atoms with Crippen LogP contribution in [0.25, 0.3) is 0 Å². The molecule has 2 aromatic rings. The van der Waals surface area contributed by atoms with Gasteiger partial charge in [0.2, 0.25) is 0 Å². The van der Waals surface area contributed by atoms with Crippen LogP contribution in [-0.4, -0.2) is 31.9 Å². The van der Waals surface area contributed by atoms with Gasteiger partial charge in [-0.2, -0.15) is 8.93 Å². The standard InChI is InChI=1S/C18H19N3O5S/c1-12(18(2)16(22)19-17(23)20-18)21-27(24,25)15-10-8-14(9-11-15)26-13-6-4-3-5-7-13/h3-12H,1-2H3,(H,21,24,25)(H2,19,20,22,23)/p+1/t12-,18+/m1/s1. The Hall–Kier alpha value is -2.91. The minimum absolute atomic E-state index is 0.128. The topological polar surface area (TPSA) is 118 Å². The van der Waals surface area contributed by atoms with Gasteiger partial charge >= 0.3 is 16.1 Å². The van der Waals surface area contributed by atoms with E-state index >= 15 is 0 Å². The predicted molar refractivity (Wildman–Crippen MR) is 99.0 cm³/mol. The average Bonchev–Trinajstić information content (AvgIpc) is 2.89. The first-order valence-corrected chi connectivity index (χ1v) is 9.73. The van der Waals surface area contributed by atoms with Crippen molar-refractivity contribution in [3.8, 4) is 11.5 Å². The fourth-order valence-electron chi connectivity index (χ4n) is 2.60. The molecule has 2 aromatic carbocycles. The second-order valence-electron chi connectivity index (χ2n) is 6.36. The van der Waals surface area contributed by atoms with Crippen LogP contribution in [0.4, 0.5) is 4.79 Å². The van der Waals surface area contributed by atoms with Crippen molar-refractivity contribution >= 4 is 22.0 Å². The summed E-state index contributed by atoms with van der Waals surface area (Å²) in [6, 6.07) is 13.8. The molecule has 1 unspecified atom stereocenters. The monoisotopic (exact) mass is 390 g/mol. The zero-order chi connectivity index (χ0) is 19.7. The van der Waals surface area contributed by atoms with Crippen LogP contribution in [0.5, 0.6) is 11.5 Å². The predicted octanol–water partition coefficient (Wildman–Crippen LogP) is 1.90. The van der Waals surface area contributed by atoms with Crippen LogP contribution < -0.4 is 20.1 Å². The third-order valence-electron chi connectivity index (χ3n) is 4.40. The highest BCUT2D eigenvalue weighted by molar-refractivity contribution is 7.89. The highest BCUT2D eigenvalue weighted by atomic mass is 32.2. The van der Waals surface area contributed by atoms with Crippen LogP contribution in [0.2, 0.25) is 0 Å². The molecule has 27 heavy (non-hydrogen) atoms. The number of para-hydroxylation sites is 1. The van der Waals surface area contributed by atoms with Crippen molar-refractivity contribution in [3.63, 3.8) is 0 Å². The summed E-state index contributed by atoms with van der Waals surface area (Å²) in [5.41, 5.74) is -1.33. The zero-order valence-electron chi connectivity index (χ0n) is 14.8. The summed E-state index contributed by atoms with van der Waals surface area (Å²) in [7, 11) is -3.65. The Morgan fingerprint density at radius 1 is 1.07 bits per heavy atom. The van der Waals surface area contributed by atoms with Crippen molar-refractivity contribution < 1.29 is 22.7 Å². The molecule has 142 valence electrons. The Balaban J connectivity index is 1.73. The van der Waals surface area contributed by atoms with Gasteiger partial charge in [0.05, 0.1) is 6.04 Å². The van der Waals surface area contributed by atoms with Crippen LogP contribution in [-0.2, 0) is 14.8 Å². The molecule has 4 N–H and O–H groups in total. The van der Waals surface area contributed by atoms with Crippen molar-refractivity contribution in [1.82, 2.24) is 15.4 Å². The molecule has 1 heterocycles. The lowest BCUT2D eigenvalue weighted by Crippen LogP contribution is -2.59. The van der Waals surface area contributed by atoms with E-state index < -0.39 is 33.5 Å². The summed E-state index contributed by atoms with van der Waals surface area (Å²) in [6.07, 6.45) is 0. The molecule has 1 fully saturated rings. The van der Waals surface area contributed by atoms with Crippen molar-refractivity contribution in [3.05, 3.63) is 54.6 Å². The van der Waals surface area contributed by atoms with Gasteiger partial charge in [-0.05, 0) is 50.2 Å². The van der Waals surface area contributed by atoms with Crippen LogP contribution >= 0.6 is 0 Å². The molecule has 0 aromatic heterocycles. The van der Waals surface area contributed by atoms with Gasteiger partial charge in [-0.25, -0.2) is 9.00 Å². The van der Waals surface area contributed by atoms with Crippen LogP contribution in [0.1, 0.15) is 13.8 Å². The van der Waals surface area contributed by atoms with E-state index in [1.54, 1.807) is 31.2 Å². The molecule has 0 saturated carbocycles. The smallest absolute Gasteiger partial charge is 0.373 e. The van der Waals surface area contributed by atoms with Crippen molar-refractivity contribution in [1.29, 1.82) is 0 Å². The largest absolute Gasteiger partial charge is 0.457 e. The molecule has 0 spiro atoms. The van der Waals surface area contributed by atoms with E-state index in [4.69, 9.17) is 4.74 Å². The number of imide groups is 1. The minimum atomic E-state index is -3.65. The third-order valence-corrected chi connectivity index (χ3v) is 5.98. The van der Waals surface area contributed by atoms with E-state index in [1.807, 2.05) is 18.2 Å². The summed E-state index contributed by atoms with van der Waals surface area (Å²) < 4.78 is 31.3. The molecule has 9 heteroatoms. The van der Waals surface area contributed by atoms with Crippen molar-refractivity contribution in [2.24, 2.45) is 0 Å². The number of urea groups is 1. The van der Waals surface area contributed by atoms with E-state index in [9.17, 15) is 18.0 Å². The summed E-state index contributed by atoms with van der Waals surface area (Å²) >= 11 is 0. The molecule has 1 saturated heterocycles. The Labute approximate surface area is 157 Å². The summed E-state index contributed by atoms with van der Waals surface area (Å²) in [5.74, 6) is 0.606. The second-order valence-corrected chi connectivity index (χ2v) is 8.12. The number of ether oxygens (including phenoxy) is 1. The van der Waals surface area contributed by atoms with Gasteiger partial charge in [-0.3, -0.25) is 10.1 Å². The number of nitrogens with one attached hydrogen (secondary N) is 3. The number of hydrogen-bond donors (Lipinski definition) is 3. The molecule has 0 bridgehead atoms. The molecule has 3 rings (SSSR count). The summed E-state index contributed by atoms with van der Waals surface area (Å²) in [6.45, 7) is 3.03. The van der Waals surface area contributed by atoms with E-state index in [-0.39, 0.29) is 4.90 Å². The van der Waals surface area contributed by atoms with Gasteiger partial charge in [0, 0.05) is 0 Å². The third kappa shape index (κ3) is 3.93. The number of hydrogen-bond acceptors (Lipinski definition) is 4. The lowest BCUT2D eigenvalue weighted by molar-refractivity contribution is -0.124. The first-order chi connectivity index (χ1) is 12.7. The Kier molecular flexibility index (Phi) is 4.90. The maximum Gasteiger partial charge on any atom is 0.373 e. The number of carbonyl (C=O) groups is 2. The molecule has 1 aliphatic rings. The molecule has 0 radical (unpaired) electrons. The van der Waals surface area contributed by atoms with Gasteiger partial charge in [0.25, 0.3) is 5.91 Å². The van der Waals surface area contributed by atoms with E-state index in [2.05, 4.69) is 15.4 Å². The molecule has 8 nitrogen and oxygen atoms in total. The second kappa shape index (κ2) is 7.01. The molecule has 0 aliphatic carbocycles. The van der Waals surface area contributed by atoms with Crippen molar-refractivity contribution in [2.45, 2.75) is 30.3 Å². The molecular formula is C18H20N3O5S+. The van der Waals surface area contributed by atoms with Gasteiger partial charge in [0.1, 0.15) is 21.9 Å². The Morgan fingerprint density at radius 3 is 2.22 bits per heavy atom. The molecule has 3 atom stereocenters. The first-order valence-electron chi connectivity index (χ1n) is 8.21. The number of amides is 3. The van der Waals surface area contributed by atoms with Crippen molar-refractivity contribution in [2.75, 3.05) is 0 Å². The van der Waals surface area contributed by atoms with Gasteiger partial charge in [-0.1, -0.05) is 18.2 Å². The highest BCUT2D eigenvalue weighted by Gasteiger charge is 2.48. The highest BCUT2D eigenvalue weighted by Crippen LogP contribution is 2.23. The maximum absolute atomic E-state index is 12.7. The Bertz CT molecular complexity index is 960. The minimum Gasteiger partial charge on any atom is -0.457 e. The number of benzene rings is 2. The fourth-order valence-corrected chi connectivity index (χ4v) is 3.96.